The second-order valence-electron chi connectivity index (χ2n) is 8.52. The quantitative estimate of drug-likeness (QED) is 0.747. The van der Waals surface area contributed by atoms with Crippen molar-refractivity contribution in [1.29, 1.82) is 0 Å². The van der Waals surface area contributed by atoms with E-state index in [0.717, 1.165) is 6.07 Å². The summed E-state index contributed by atoms with van der Waals surface area (Å²) in [4.78, 5) is 28.1. The highest BCUT2D eigenvalue weighted by atomic mass is 19.4. The molecule has 6 nitrogen and oxygen atoms in total. The SMILES string of the molecule is Cc1cc2c(cc1C(F)(F)F)[nH]c(=O)n2C1CCN(C(=O)O)C(C(C)(C)C)C1. The molecule has 1 aliphatic rings. The number of fused-ring (bicyclic) bond motifs is 1. The molecule has 1 aromatic heterocycles. The monoisotopic (exact) mass is 399 g/mol. The van der Waals surface area contributed by atoms with E-state index >= 15 is 0 Å². The first kappa shape index (κ1) is 20.3. The van der Waals surface area contributed by atoms with E-state index in [0.29, 0.717) is 18.4 Å². The smallest absolute Gasteiger partial charge is 0.416 e. The zero-order valence-corrected chi connectivity index (χ0v) is 16.2. The maximum absolute atomic E-state index is 13.2. The molecule has 0 saturated carbocycles. The summed E-state index contributed by atoms with van der Waals surface area (Å²) in [6.45, 7) is 7.45. The molecule has 1 amide bonds. The molecule has 3 rings (SSSR count). The predicted molar refractivity (Wildman–Crippen MR) is 98.5 cm³/mol. The summed E-state index contributed by atoms with van der Waals surface area (Å²) < 4.78 is 41.0. The van der Waals surface area contributed by atoms with E-state index in [1.807, 2.05) is 20.8 Å². The van der Waals surface area contributed by atoms with E-state index in [4.69, 9.17) is 0 Å². The lowest BCUT2D eigenvalue weighted by Gasteiger charge is -2.44. The van der Waals surface area contributed by atoms with Crippen molar-refractivity contribution in [3.05, 3.63) is 33.7 Å². The van der Waals surface area contributed by atoms with Crippen molar-refractivity contribution in [2.24, 2.45) is 5.41 Å². The molecule has 9 heteroatoms. The molecular formula is C19H24F3N3O3. The Balaban J connectivity index is 2.07. The molecule has 1 fully saturated rings. The Hall–Kier alpha value is -2.45. The summed E-state index contributed by atoms with van der Waals surface area (Å²) >= 11 is 0. The van der Waals surface area contributed by atoms with Gasteiger partial charge in [-0.15, -0.1) is 0 Å². The summed E-state index contributed by atoms with van der Waals surface area (Å²) in [5.74, 6) is 0. The second kappa shape index (κ2) is 6.56. The summed E-state index contributed by atoms with van der Waals surface area (Å²) in [6.07, 6.45) is -4.66. The number of piperidine rings is 1. The van der Waals surface area contributed by atoms with E-state index in [1.165, 1.54) is 22.5 Å². The highest BCUT2D eigenvalue weighted by Gasteiger charge is 2.40. The van der Waals surface area contributed by atoms with Crippen molar-refractivity contribution in [2.75, 3.05) is 6.54 Å². The van der Waals surface area contributed by atoms with Crippen LogP contribution in [-0.4, -0.2) is 38.2 Å². The standard InChI is InChI=1S/C19H24F3N3O3/c1-10-7-14-13(9-12(10)19(20,21)22)23-16(26)25(14)11-5-6-24(17(27)28)15(8-11)18(2,3)4/h7,9,11,15H,5-6,8H2,1-4H3,(H,23,26)(H,27,28). The fraction of sp³-hybridized carbons (Fsp3) is 0.579. The number of imidazole rings is 1. The molecule has 0 bridgehead atoms. The first-order valence-corrected chi connectivity index (χ1v) is 9.12. The zero-order chi connectivity index (χ0) is 21.0. The topological polar surface area (TPSA) is 78.3 Å². The number of carboxylic acid groups (broad SMARTS) is 1. The van der Waals surface area contributed by atoms with Crippen LogP contribution in [0.5, 0.6) is 0 Å². The van der Waals surface area contributed by atoms with Crippen LogP contribution in [0, 0.1) is 12.3 Å². The predicted octanol–water partition coefficient (Wildman–Crippen LogP) is 4.39. The number of likely N-dealkylation sites (tertiary alicyclic amines) is 1. The van der Waals surface area contributed by atoms with Gasteiger partial charge in [0.25, 0.3) is 0 Å². The largest absolute Gasteiger partial charge is 0.465 e. The number of nitrogens with one attached hydrogen (secondary N) is 1. The number of rotatable bonds is 1. The van der Waals surface area contributed by atoms with Crippen molar-refractivity contribution in [3.8, 4) is 0 Å². The van der Waals surface area contributed by atoms with Crippen LogP contribution in [-0.2, 0) is 6.18 Å². The lowest BCUT2D eigenvalue weighted by molar-refractivity contribution is -0.137. The van der Waals surface area contributed by atoms with Crippen molar-refractivity contribution >= 4 is 17.1 Å². The van der Waals surface area contributed by atoms with Crippen LogP contribution in [0.4, 0.5) is 18.0 Å². The zero-order valence-electron chi connectivity index (χ0n) is 16.2. The van der Waals surface area contributed by atoms with Crippen molar-refractivity contribution in [2.45, 2.75) is 58.8 Å². The Bertz CT molecular complexity index is 969. The van der Waals surface area contributed by atoms with E-state index < -0.39 is 23.5 Å². The number of amides is 1. The Morgan fingerprint density at radius 1 is 1.25 bits per heavy atom. The third-order valence-corrected chi connectivity index (χ3v) is 5.55. The number of hydrogen-bond acceptors (Lipinski definition) is 2. The molecule has 1 aliphatic heterocycles. The molecule has 2 aromatic rings. The lowest BCUT2D eigenvalue weighted by atomic mass is 9.79. The molecule has 0 spiro atoms. The van der Waals surface area contributed by atoms with Gasteiger partial charge in [0.15, 0.2) is 0 Å². The molecule has 0 radical (unpaired) electrons. The van der Waals surface area contributed by atoms with Gasteiger partial charge in [0.2, 0.25) is 0 Å². The minimum Gasteiger partial charge on any atom is -0.465 e. The fourth-order valence-corrected chi connectivity index (χ4v) is 4.18. The summed E-state index contributed by atoms with van der Waals surface area (Å²) in [7, 11) is 0. The van der Waals surface area contributed by atoms with Crippen LogP contribution in [0.1, 0.15) is 50.8 Å². The third-order valence-electron chi connectivity index (χ3n) is 5.55. The Kier molecular flexibility index (Phi) is 4.75. The highest BCUT2D eigenvalue weighted by Crippen LogP contribution is 2.38. The minimum atomic E-state index is -4.50. The Morgan fingerprint density at radius 3 is 2.43 bits per heavy atom. The van der Waals surface area contributed by atoms with Crippen LogP contribution in [0.25, 0.3) is 11.0 Å². The van der Waals surface area contributed by atoms with Gasteiger partial charge in [-0.05, 0) is 42.9 Å². The van der Waals surface area contributed by atoms with Gasteiger partial charge in [-0.2, -0.15) is 13.2 Å². The third kappa shape index (κ3) is 3.49. The molecule has 28 heavy (non-hydrogen) atoms. The lowest BCUT2D eigenvalue weighted by Crippen LogP contribution is -2.52. The van der Waals surface area contributed by atoms with Gasteiger partial charge < -0.3 is 15.0 Å². The number of nitrogens with zero attached hydrogens (tertiary/aromatic N) is 2. The minimum absolute atomic E-state index is 0.0445. The molecular weight excluding hydrogens is 375 g/mol. The number of H-pyrrole nitrogens is 1. The van der Waals surface area contributed by atoms with Crippen LogP contribution < -0.4 is 5.69 Å². The number of aryl methyl sites for hydroxylation is 1. The number of aromatic nitrogens is 2. The molecule has 2 unspecified atom stereocenters. The number of carbonyl (C=O) groups is 1. The summed E-state index contributed by atoms with van der Waals surface area (Å²) in [6, 6.07) is 1.75. The van der Waals surface area contributed by atoms with Crippen LogP contribution in [0.2, 0.25) is 0 Å². The number of aromatic amines is 1. The average molecular weight is 399 g/mol. The maximum atomic E-state index is 13.2. The molecule has 2 atom stereocenters. The Morgan fingerprint density at radius 2 is 1.89 bits per heavy atom. The van der Waals surface area contributed by atoms with E-state index in [-0.39, 0.29) is 35.1 Å². The average Bonchev–Trinajstić information content (AvgIpc) is 2.86. The van der Waals surface area contributed by atoms with Gasteiger partial charge in [-0.3, -0.25) is 4.57 Å². The first-order valence-electron chi connectivity index (χ1n) is 9.12. The van der Waals surface area contributed by atoms with E-state index in [2.05, 4.69) is 4.98 Å². The molecule has 154 valence electrons. The van der Waals surface area contributed by atoms with Crippen LogP contribution in [0.3, 0.4) is 0 Å². The van der Waals surface area contributed by atoms with Crippen molar-refractivity contribution in [3.63, 3.8) is 0 Å². The van der Waals surface area contributed by atoms with Crippen molar-refractivity contribution < 1.29 is 23.1 Å². The van der Waals surface area contributed by atoms with E-state index in [1.54, 1.807) is 0 Å². The second-order valence-corrected chi connectivity index (χ2v) is 8.52. The van der Waals surface area contributed by atoms with Gasteiger partial charge in [-0.25, -0.2) is 9.59 Å². The normalized spacial score (nSPS) is 21.3. The summed E-state index contributed by atoms with van der Waals surface area (Å²) in [5.41, 5.74) is -1.00. The van der Waals surface area contributed by atoms with Gasteiger partial charge in [0, 0.05) is 18.6 Å². The first-order chi connectivity index (χ1) is 12.8. The Labute approximate surface area is 159 Å². The number of halogens is 3. The van der Waals surface area contributed by atoms with E-state index in [9.17, 15) is 27.9 Å². The van der Waals surface area contributed by atoms with Gasteiger partial charge in [-0.1, -0.05) is 20.8 Å². The molecule has 1 aromatic carbocycles. The number of alkyl halides is 3. The molecule has 1 saturated heterocycles. The van der Waals surface area contributed by atoms with Gasteiger partial charge in [0.1, 0.15) is 0 Å². The molecule has 2 heterocycles. The highest BCUT2D eigenvalue weighted by molar-refractivity contribution is 5.78. The molecule has 0 aliphatic carbocycles. The number of hydrogen-bond donors (Lipinski definition) is 2. The molecule has 2 N–H and O–H groups in total. The maximum Gasteiger partial charge on any atom is 0.416 e. The summed E-state index contributed by atoms with van der Waals surface area (Å²) in [5, 5.41) is 9.50. The van der Waals surface area contributed by atoms with Crippen molar-refractivity contribution in [1.82, 2.24) is 14.5 Å². The van der Waals surface area contributed by atoms with Crippen LogP contribution >= 0.6 is 0 Å². The van der Waals surface area contributed by atoms with Crippen LogP contribution in [0.15, 0.2) is 16.9 Å². The van der Waals surface area contributed by atoms with Gasteiger partial charge in [0.05, 0.1) is 16.6 Å². The fourth-order valence-electron chi connectivity index (χ4n) is 4.18. The number of benzene rings is 1. The van der Waals surface area contributed by atoms with Gasteiger partial charge >= 0.3 is 18.0 Å².